The number of carbonyl (C=O) groups is 1. The van der Waals surface area contributed by atoms with Crippen LogP contribution in [0.1, 0.15) is 32.8 Å². The van der Waals surface area contributed by atoms with Crippen molar-refractivity contribution in [2.24, 2.45) is 5.73 Å². The van der Waals surface area contributed by atoms with Crippen LogP contribution in [-0.4, -0.2) is 40.1 Å². The summed E-state index contributed by atoms with van der Waals surface area (Å²) in [6.45, 7) is 5.01. The molecule has 1 aliphatic rings. The smallest absolute Gasteiger partial charge is 0.274 e. The number of aryl methyl sites for hydroxylation is 2. The number of thiophene rings is 1. The van der Waals surface area contributed by atoms with Crippen LogP contribution in [0.2, 0.25) is 0 Å². The standard InChI is InChI=1S/C18H20N4O2S/c1-10-3-5-16(24-10)12-8-22(9-13(12)19)18(23)15-7-14(20-21-15)17-6-4-11(2)25-17/h3-7,12-13H,8-9,19H2,1-2H3,(H,20,21)/t12-,13-/m0/s1. The Morgan fingerprint density at radius 3 is 2.84 bits per heavy atom. The number of nitrogens with one attached hydrogen (secondary N) is 1. The summed E-state index contributed by atoms with van der Waals surface area (Å²) in [5.41, 5.74) is 7.53. The molecule has 0 saturated carbocycles. The minimum absolute atomic E-state index is 0.0241. The molecular weight excluding hydrogens is 336 g/mol. The molecule has 0 unspecified atom stereocenters. The Morgan fingerprint density at radius 1 is 1.32 bits per heavy atom. The molecule has 0 aromatic carbocycles. The Labute approximate surface area is 149 Å². The van der Waals surface area contributed by atoms with Gasteiger partial charge in [0.15, 0.2) is 5.69 Å². The van der Waals surface area contributed by atoms with Gasteiger partial charge in [0, 0.05) is 24.0 Å². The van der Waals surface area contributed by atoms with Crippen LogP contribution in [0.4, 0.5) is 0 Å². The summed E-state index contributed by atoms with van der Waals surface area (Å²) < 4.78 is 5.70. The maximum atomic E-state index is 12.8. The first-order valence-corrected chi connectivity index (χ1v) is 9.06. The maximum Gasteiger partial charge on any atom is 0.274 e. The highest BCUT2D eigenvalue weighted by molar-refractivity contribution is 7.15. The van der Waals surface area contributed by atoms with Gasteiger partial charge in [-0.15, -0.1) is 11.3 Å². The third-order valence-electron chi connectivity index (χ3n) is 4.58. The fourth-order valence-electron chi connectivity index (χ4n) is 3.25. The van der Waals surface area contributed by atoms with Crippen LogP contribution in [0.15, 0.2) is 34.7 Å². The monoisotopic (exact) mass is 356 g/mol. The molecule has 1 fully saturated rings. The number of amides is 1. The van der Waals surface area contributed by atoms with Gasteiger partial charge in [0.05, 0.1) is 16.5 Å². The molecule has 3 N–H and O–H groups in total. The second-order valence-corrected chi connectivity index (χ2v) is 7.79. The molecular formula is C18H20N4O2S. The molecule has 1 aliphatic heterocycles. The van der Waals surface area contributed by atoms with E-state index in [1.54, 1.807) is 16.2 Å². The lowest BCUT2D eigenvalue weighted by Gasteiger charge is -2.13. The number of aromatic amines is 1. The van der Waals surface area contributed by atoms with Crippen LogP contribution in [-0.2, 0) is 0 Å². The van der Waals surface area contributed by atoms with E-state index in [9.17, 15) is 4.79 Å². The zero-order valence-corrected chi connectivity index (χ0v) is 15.0. The van der Waals surface area contributed by atoms with Gasteiger partial charge in [0.25, 0.3) is 5.91 Å². The van der Waals surface area contributed by atoms with E-state index in [4.69, 9.17) is 10.2 Å². The summed E-state index contributed by atoms with van der Waals surface area (Å²) >= 11 is 1.67. The third-order valence-corrected chi connectivity index (χ3v) is 5.62. The lowest BCUT2D eigenvalue weighted by Crippen LogP contribution is -2.32. The first-order valence-electron chi connectivity index (χ1n) is 8.24. The number of furan rings is 1. The number of likely N-dealkylation sites (tertiary alicyclic amines) is 1. The van der Waals surface area contributed by atoms with E-state index in [2.05, 4.69) is 23.2 Å². The van der Waals surface area contributed by atoms with E-state index in [1.807, 2.05) is 31.2 Å². The van der Waals surface area contributed by atoms with Crippen LogP contribution in [0, 0.1) is 13.8 Å². The number of hydrogen-bond donors (Lipinski definition) is 2. The Hall–Kier alpha value is -2.38. The molecule has 6 nitrogen and oxygen atoms in total. The average Bonchev–Trinajstić information content (AvgIpc) is 3.33. The number of rotatable bonds is 3. The van der Waals surface area contributed by atoms with Crippen molar-refractivity contribution in [1.29, 1.82) is 0 Å². The first-order chi connectivity index (χ1) is 12.0. The molecule has 0 radical (unpaired) electrons. The molecule has 4 rings (SSSR count). The Balaban J connectivity index is 1.51. The van der Waals surface area contributed by atoms with Gasteiger partial charge < -0.3 is 15.1 Å². The summed E-state index contributed by atoms with van der Waals surface area (Å²) in [6, 6.07) is 9.63. The Morgan fingerprint density at radius 2 is 2.16 bits per heavy atom. The molecule has 130 valence electrons. The normalized spacial score (nSPS) is 20.4. The minimum Gasteiger partial charge on any atom is -0.466 e. The van der Waals surface area contributed by atoms with Crippen molar-refractivity contribution in [3.63, 3.8) is 0 Å². The van der Waals surface area contributed by atoms with Gasteiger partial charge in [-0.05, 0) is 44.2 Å². The molecule has 1 saturated heterocycles. The molecule has 7 heteroatoms. The van der Waals surface area contributed by atoms with E-state index >= 15 is 0 Å². The molecule has 2 atom stereocenters. The maximum absolute atomic E-state index is 12.8. The molecule has 0 aliphatic carbocycles. The quantitative estimate of drug-likeness (QED) is 0.755. The highest BCUT2D eigenvalue weighted by atomic mass is 32.1. The number of carbonyl (C=O) groups excluding carboxylic acids is 1. The van der Waals surface area contributed by atoms with Crippen LogP contribution in [0.3, 0.4) is 0 Å². The van der Waals surface area contributed by atoms with Crippen molar-refractivity contribution >= 4 is 17.2 Å². The van der Waals surface area contributed by atoms with Gasteiger partial charge in [-0.3, -0.25) is 9.89 Å². The van der Waals surface area contributed by atoms with E-state index in [0.717, 1.165) is 22.1 Å². The largest absolute Gasteiger partial charge is 0.466 e. The van der Waals surface area contributed by atoms with Crippen LogP contribution < -0.4 is 5.73 Å². The number of H-pyrrole nitrogens is 1. The van der Waals surface area contributed by atoms with Crippen molar-refractivity contribution in [2.75, 3.05) is 13.1 Å². The van der Waals surface area contributed by atoms with Gasteiger partial charge in [0.2, 0.25) is 0 Å². The zero-order valence-electron chi connectivity index (χ0n) is 14.2. The predicted molar refractivity (Wildman–Crippen MR) is 96.7 cm³/mol. The second-order valence-electron chi connectivity index (χ2n) is 6.51. The van der Waals surface area contributed by atoms with Gasteiger partial charge in [-0.25, -0.2) is 0 Å². The number of aromatic nitrogens is 2. The molecule has 3 aromatic rings. The summed E-state index contributed by atoms with van der Waals surface area (Å²) in [5.74, 6) is 1.63. The van der Waals surface area contributed by atoms with E-state index in [0.29, 0.717) is 18.8 Å². The van der Waals surface area contributed by atoms with Crippen molar-refractivity contribution in [1.82, 2.24) is 15.1 Å². The van der Waals surface area contributed by atoms with E-state index in [-0.39, 0.29) is 17.9 Å². The lowest BCUT2D eigenvalue weighted by molar-refractivity contribution is 0.0782. The second kappa shape index (κ2) is 6.16. The van der Waals surface area contributed by atoms with Crippen LogP contribution >= 0.6 is 11.3 Å². The lowest BCUT2D eigenvalue weighted by atomic mass is 10.0. The fourth-order valence-corrected chi connectivity index (χ4v) is 4.08. The summed E-state index contributed by atoms with van der Waals surface area (Å²) in [4.78, 5) is 16.8. The van der Waals surface area contributed by atoms with E-state index < -0.39 is 0 Å². The van der Waals surface area contributed by atoms with Gasteiger partial charge in [0.1, 0.15) is 11.5 Å². The predicted octanol–water partition coefficient (Wildman–Crippen LogP) is 2.91. The molecule has 3 aromatic heterocycles. The summed E-state index contributed by atoms with van der Waals surface area (Å²) in [7, 11) is 0. The highest BCUT2D eigenvalue weighted by Crippen LogP contribution is 2.30. The zero-order chi connectivity index (χ0) is 17.6. The van der Waals surface area contributed by atoms with Crippen LogP contribution in [0.5, 0.6) is 0 Å². The molecule has 0 bridgehead atoms. The topological polar surface area (TPSA) is 88.2 Å². The summed E-state index contributed by atoms with van der Waals surface area (Å²) in [5, 5.41) is 7.16. The van der Waals surface area contributed by atoms with Crippen molar-refractivity contribution in [2.45, 2.75) is 25.8 Å². The number of hydrogen-bond acceptors (Lipinski definition) is 5. The average molecular weight is 356 g/mol. The molecule has 0 spiro atoms. The Bertz CT molecular complexity index is 910. The van der Waals surface area contributed by atoms with Gasteiger partial charge >= 0.3 is 0 Å². The fraction of sp³-hybridized carbons (Fsp3) is 0.333. The van der Waals surface area contributed by atoms with Crippen LogP contribution in [0.25, 0.3) is 10.6 Å². The first kappa shape index (κ1) is 16.1. The highest BCUT2D eigenvalue weighted by Gasteiger charge is 2.36. The van der Waals surface area contributed by atoms with E-state index in [1.165, 1.54) is 4.88 Å². The van der Waals surface area contributed by atoms with Gasteiger partial charge in [-0.1, -0.05) is 0 Å². The number of nitrogens with two attached hydrogens (primary N) is 1. The molecule has 1 amide bonds. The third kappa shape index (κ3) is 3.01. The molecule has 25 heavy (non-hydrogen) atoms. The minimum atomic E-state index is -0.132. The van der Waals surface area contributed by atoms with Crippen molar-refractivity contribution in [3.05, 3.63) is 52.4 Å². The van der Waals surface area contributed by atoms with Crippen molar-refractivity contribution in [3.8, 4) is 10.6 Å². The molecule has 4 heterocycles. The SMILES string of the molecule is Cc1ccc([C@H]2CN(C(=O)c3cc(-c4ccc(C)s4)[nH]n3)C[C@@H]2N)o1. The Kier molecular flexibility index (Phi) is 3.97. The van der Waals surface area contributed by atoms with Gasteiger partial charge in [-0.2, -0.15) is 5.10 Å². The summed E-state index contributed by atoms with van der Waals surface area (Å²) in [6.07, 6.45) is 0. The van der Waals surface area contributed by atoms with Crippen molar-refractivity contribution < 1.29 is 9.21 Å². The number of nitrogens with zero attached hydrogens (tertiary/aromatic N) is 2.